The Balaban J connectivity index is 2.51. The van der Waals surface area contributed by atoms with E-state index in [4.69, 9.17) is 9.47 Å². The second kappa shape index (κ2) is 4.41. The van der Waals surface area contributed by atoms with Crippen LogP contribution in [-0.2, 0) is 14.3 Å². The molecule has 1 aliphatic heterocycles. The topological polar surface area (TPSA) is 35.5 Å². The standard InChI is InChI=1S/C11H20O3/c1-8(2)10(12)11(3,4)14-9-5-6-13-7-9/h8-9H,5-7H2,1-4H3. The van der Waals surface area contributed by atoms with Gasteiger partial charge in [-0.2, -0.15) is 0 Å². The molecule has 0 bridgehead atoms. The Kier molecular flexibility index (Phi) is 3.67. The van der Waals surface area contributed by atoms with Gasteiger partial charge < -0.3 is 9.47 Å². The molecule has 0 saturated carbocycles. The molecule has 0 aliphatic carbocycles. The van der Waals surface area contributed by atoms with Crippen LogP contribution < -0.4 is 0 Å². The Labute approximate surface area is 85.8 Å². The van der Waals surface area contributed by atoms with Gasteiger partial charge in [-0.25, -0.2) is 0 Å². The molecule has 0 aromatic heterocycles. The van der Waals surface area contributed by atoms with Gasteiger partial charge >= 0.3 is 0 Å². The zero-order valence-electron chi connectivity index (χ0n) is 9.50. The molecule has 0 aromatic carbocycles. The van der Waals surface area contributed by atoms with Gasteiger partial charge in [0.05, 0.1) is 12.7 Å². The maximum Gasteiger partial charge on any atom is 0.166 e. The Bertz CT molecular complexity index is 203. The van der Waals surface area contributed by atoms with E-state index in [9.17, 15) is 4.79 Å². The molecule has 1 atom stereocenters. The number of ether oxygens (including phenoxy) is 2. The molecule has 0 radical (unpaired) electrons. The minimum atomic E-state index is -0.674. The summed E-state index contributed by atoms with van der Waals surface area (Å²) in [5.41, 5.74) is -0.674. The van der Waals surface area contributed by atoms with Crippen LogP contribution in [0.15, 0.2) is 0 Å². The summed E-state index contributed by atoms with van der Waals surface area (Å²) in [6.45, 7) is 8.85. The summed E-state index contributed by atoms with van der Waals surface area (Å²) in [7, 11) is 0. The minimum Gasteiger partial charge on any atom is -0.379 e. The fourth-order valence-corrected chi connectivity index (χ4v) is 1.78. The van der Waals surface area contributed by atoms with Crippen LogP contribution in [0.1, 0.15) is 34.1 Å². The second-order valence-corrected chi connectivity index (χ2v) is 4.63. The smallest absolute Gasteiger partial charge is 0.166 e. The molecule has 1 aliphatic rings. The molecule has 3 nitrogen and oxygen atoms in total. The molecule has 1 unspecified atom stereocenters. The fraction of sp³-hybridized carbons (Fsp3) is 0.909. The van der Waals surface area contributed by atoms with Gasteiger partial charge in [-0.3, -0.25) is 4.79 Å². The Morgan fingerprint density at radius 2 is 2.14 bits per heavy atom. The predicted molar refractivity (Wildman–Crippen MR) is 54.2 cm³/mol. The molecule has 82 valence electrons. The van der Waals surface area contributed by atoms with Crippen LogP contribution in [0.3, 0.4) is 0 Å². The third-order valence-corrected chi connectivity index (χ3v) is 2.47. The Morgan fingerprint density at radius 1 is 1.50 bits per heavy atom. The van der Waals surface area contributed by atoms with Crippen molar-refractivity contribution in [3.05, 3.63) is 0 Å². The molecule has 14 heavy (non-hydrogen) atoms. The lowest BCUT2D eigenvalue weighted by atomic mass is 9.94. The molecule has 1 saturated heterocycles. The zero-order valence-corrected chi connectivity index (χ0v) is 9.50. The SMILES string of the molecule is CC(C)C(=O)C(C)(C)OC1CCOC1. The van der Waals surface area contributed by atoms with Crippen molar-refractivity contribution in [2.75, 3.05) is 13.2 Å². The van der Waals surface area contributed by atoms with Crippen LogP contribution in [-0.4, -0.2) is 30.7 Å². The largest absolute Gasteiger partial charge is 0.379 e. The van der Waals surface area contributed by atoms with Crippen molar-refractivity contribution in [2.45, 2.75) is 45.8 Å². The van der Waals surface area contributed by atoms with Crippen molar-refractivity contribution in [2.24, 2.45) is 5.92 Å². The summed E-state index contributed by atoms with van der Waals surface area (Å²) >= 11 is 0. The van der Waals surface area contributed by atoms with Gasteiger partial charge in [0.15, 0.2) is 5.78 Å². The van der Waals surface area contributed by atoms with E-state index in [1.807, 2.05) is 27.7 Å². The van der Waals surface area contributed by atoms with Crippen LogP contribution in [0, 0.1) is 5.92 Å². The number of hydrogen-bond donors (Lipinski definition) is 0. The average molecular weight is 200 g/mol. The molecule has 1 rings (SSSR count). The lowest BCUT2D eigenvalue weighted by molar-refractivity contribution is -0.150. The molecule has 0 amide bonds. The van der Waals surface area contributed by atoms with E-state index in [0.29, 0.717) is 6.61 Å². The van der Waals surface area contributed by atoms with Crippen LogP contribution in [0.4, 0.5) is 0 Å². The van der Waals surface area contributed by atoms with E-state index in [0.717, 1.165) is 13.0 Å². The Hall–Kier alpha value is -0.410. The maximum absolute atomic E-state index is 11.8. The maximum atomic E-state index is 11.8. The first-order chi connectivity index (χ1) is 6.43. The highest BCUT2D eigenvalue weighted by Gasteiger charge is 2.34. The van der Waals surface area contributed by atoms with Crippen molar-refractivity contribution >= 4 is 5.78 Å². The van der Waals surface area contributed by atoms with Crippen molar-refractivity contribution in [1.29, 1.82) is 0 Å². The van der Waals surface area contributed by atoms with Gasteiger partial charge in [0.1, 0.15) is 5.60 Å². The van der Waals surface area contributed by atoms with E-state index in [1.54, 1.807) is 0 Å². The van der Waals surface area contributed by atoms with Gasteiger partial charge in [-0.05, 0) is 20.3 Å². The van der Waals surface area contributed by atoms with E-state index < -0.39 is 5.60 Å². The number of hydrogen-bond acceptors (Lipinski definition) is 3. The minimum absolute atomic E-state index is 0.0207. The second-order valence-electron chi connectivity index (χ2n) is 4.63. The fourth-order valence-electron chi connectivity index (χ4n) is 1.78. The highest BCUT2D eigenvalue weighted by Crippen LogP contribution is 2.21. The van der Waals surface area contributed by atoms with Crippen LogP contribution in [0.5, 0.6) is 0 Å². The van der Waals surface area contributed by atoms with Crippen LogP contribution >= 0.6 is 0 Å². The van der Waals surface area contributed by atoms with Gasteiger partial charge in [0.25, 0.3) is 0 Å². The highest BCUT2D eigenvalue weighted by molar-refractivity contribution is 5.88. The molecule has 1 fully saturated rings. The number of carbonyl (C=O) groups is 1. The van der Waals surface area contributed by atoms with E-state index in [-0.39, 0.29) is 17.8 Å². The van der Waals surface area contributed by atoms with Gasteiger partial charge in [0, 0.05) is 12.5 Å². The first kappa shape index (κ1) is 11.7. The number of Topliss-reactive ketones (excluding diaryl/α,β-unsaturated/α-hetero) is 1. The zero-order chi connectivity index (χ0) is 10.8. The normalized spacial score (nSPS) is 23.1. The Morgan fingerprint density at radius 3 is 2.57 bits per heavy atom. The summed E-state index contributed by atoms with van der Waals surface area (Å²) in [4.78, 5) is 11.8. The van der Waals surface area contributed by atoms with Crippen molar-refractivity contribution < 1.29 is 14.3 Å². The van der Waals surface area contributed by atoms with Crippen molar-refractivity contribution in [3.63, 3.8) is 0 Å². The quantitative estimate of drug-likeness (QED) is 0.694. The van der Waals surface area contributed by atoms with E-state index in [1.165, 1.54) is 0 Å². The lowest BCUT2D eigenvalue weighted by Crippen LogP contribution is -2.41. The van der Waals surface area contributed by atoms with Gasteiger partial charge in [0.2, 0.25) is 0 Å². The highest BCUT2D eigenvalue weighted by atomic mass is 16.6. The third kappa shape index (κ3) is 2.79. The summed E-state index contributed by atoms with van der Waals surface area (Å²) in [6, 6.07) is 0. The molecule has 1 heterocycles. The molecule has 0 N–H and O–H groups in total. The van der Waals surface area contributed by atoms with E-state index >= 15 is 0 Å². The summed E-state index contributed by atoms with van der Waals surface area (Å²) < 4.78 is 11.0. The monoisotopic (exact) mass is 200 g/mol. The van der Waals surface area contributed by atoms with Crippen molar-refractivity contribution in [1.82, 2.24) is 0 Å². The summed E-state index contributed by atoms with van der Waals surface area (Å²) in [5, 5.41) is 0. The molecule has 0 aromatic rings. The van der Waals surface area contributed by atoms with Gasteiger partial charge in [-0.15, -0.1) is 0 Å². The number of ketones is 1. The molecular formula is C11H20O3. The summed E-state index contributed by atoms with van der Waals surface area (Å²) in [5.74, 6) is 0.178. The van der Waals surface area contributed by atoms with Crippen molar-refractivity contribution in [3.8, 4) is 0 Å². The third-order valence-electron chi connectivity index (χ3n) is 2.47. The van der Waals surface area contributed by atoms with Gasteiger partial charge in [-0.1, -0.05) is 13.8 Å². The first-order valence-electron chi connectivity index (χ1n) is 5.23. The van der Waals surface area contributed by atoms with Crippen LogP contribution in [0.2, 0.25) is 0 Å². The molecule has 3 heteroatoms. The van der Waals surface area contributed by atoms with E-state index in [2.05, 4.69) is 0 Å². The molecular weight excluding hydrogens is 180 g/mol. The average Bonchev–Trinajstić information content (AvgIpc) is 2.54. The van der Waals surface area contributed by atoms with Crippen LogP contribution in [0.25, 0.3) is 0 Å². The predicted octanol–water partition coefficient (Wildman–Crippen LogP) is 1.80. The first-order valence-corrected chi connectivity index (χ1v) is 5.23. The summed E-state index contributed by atoms with van der Waals surface area (Å²) in [6.07, 6.45) is 0.988. The molecule has 0 spiro atoms. The number of rotatable bonds is 4. The number of carbonyl (C=O) groups excluding carboxylic acids is 1. The lowest BCUT2D eigenvalue weighted by Gasteiger charge is -2.28.